The molecule has 0 spiro atoms. The molecular weight excluding hydrogens is 198 g/mol. The highest BCUT2D eigenvalue weighted by molar-refractivity contribution is 5.29. The van der Waals surface area contributed by atoms with Crippen LogP contribution < -0.4 is 5.32 Å². The molecule has 2 rings (SSSR count). The molecule has 2 aromatic rings. The molecule has 0 saturated heterocycles. The summed E-state index contributed by atoms with van der Waals surface area (Å²) < 4.78 is 5.72. The average Bonchev–Trinajstić information content (AvgIpc) is 2.70. The highest BCUT2D eigenvalue weighted by Crippen LogP contribution is 2.15. The van der Waals surface area contributed by atoms with Gasteiger partial charge in [-0.3, -0.25) is 0 Å². The standard InChI is InChI=1S/C14H17NO/c1-11-5-3-4-6-12(11)9-13-7-8-14(16-13)10-15-2/h3-8,15H,9-10H2,1-2H3. The Morgan fingerprint density at radius 3 is 2.56 bits per heavy atom. The Morgan fingerprint density at radius 1 is 1.06 bits per heavy atom. The molecule has 84 valence electrons. The van der Waals surface area contributed by atoms with Gasteiger partial charge in [0.15, 0.2) is 0 Å². The van der Waals surface area contributed by atoms with Crippen molar-refractivity contribution >= 4 is 0 Å². The second-order valence-electron chi connectivity index (χ2n) is 4.00. The van der Waals surface area contributed by atoms with Gasteiger partial charge >= 0.3 is 0 Å². The van der Waals surface area contributed by atoms with Gasteiger partial charge in [0.1, 0.15) is 11.5 Å². The molecule has 1 aromatic heterocycles. The van der Waals surface area contributed by atoms with E-state index in [0.29, 0.717) is 0 Å². The zero-order valence-electron chi connectivity index (χ0n) is 9.79. The minimum absolute atomic E-state index is 0.785. The molecular formula is C14H17NO. The second kappa shape index (κ2) is 4.99. The van der Waals surface area contributed by atoms with Gasteiger partial charge in [-0.15, -0.1) is 0 Å². The van der Waals surface area contributed by atoms with E-state index in [0.717, 1.165) is 24.5 Å². The van der Waals surface area contributed by atoms with Gasteiger partial charge in [-0.25, -0.2) is 0 Å². The Kier molecular flexibility index (Phi) is 3.42. The fourth-order valence-corrected chi connectivity index (χ4v) is 1.78. The van der Waals surface area contributed by atoms with Crippen LogP contribution in [0.2, 0.25) is 0 Å². The molecule has 16 heavy (non-hydrogen) atoms. The molecule has 0 aliphatic carbocycles. The van der Waals surface area contributed by atoms with Crippen molar-refractivity contribution in [3.05, 3.63) is 59.0 Å². The van der Waals surface area contributed by atoms with E-state index in [9.17, 15) is 0 Å². The largest absolute Gasteiger partial charge is 0.464 e. The van der Waals surface area contributed by atoms with E-state index in [2.05, 4.69) is 42.6 Å². The highest BCUT2D eigenvalue weighted by Gasteiger charge is 2.04. The minimum atomic E-state index is 0.785. The second-order valence-corrected chi connectivity index (χ2v) is 4.00. The molecule has 0 saturated carbocycles. The lowest BCUT2D eigenvalue weighted by Crippen LogP contribution is -2.03. The average molecular weight is 215 g/mol. The molecule has 1 heterocycles. The normalized spacial score (nSPS) is 10.6. The monoisotopic (exact) mass is 215 g/mol. The topological polar surface area (TPSA) is 25.2 Å². The quantitative estimate of drug-likeness (QED) is 0.848. The van der Waals surface area contributed by atoms with E-state index in [1.165, 1.54) is 11.1 Å². The molecule has 2 heteroatoms. The molecule has 0 aliphatic rings. The maximum Gasteiger partial charge on any atom is 0.117 e. The van der Waals surface area contributed by atoms with Crippen LogP contribution in [0.25, 0.3) is 0 Å². The fourth-order valence-electron chi connectivity index (χ4n) is 1.78. The van der Waals surface area contributed by atoms with Crippen LogP contribution in [-0.4, -0.2) is 7.05 Å². The molecule has 0 aliphatic heterocycles. The van der Waals surface area contributed by atoms with Gasteiger partial charge in [-0.05, 0) is 37.2 Å². The molecule has 0 fully saturated rings. The number of nitrogens with one attached hydrogen (secondary N) is 1. The number of rotatable bonds is 4. The van der Waals surface area contributed by atoms with E-state index in [1.807, 2.05) is 13.1 Å². The SMILES string of the molecule is CNCc1ccc(Cc2ccccc2C)o1. The van der Waals surface area contributed by atoms with Crippen LogP contribution in [0, 0.1) is 6.92 Å². The summed E-state index contributed by atoms with van der Waals surface area (Å²) in [6.45, 7) is 2.92. The summed E-state index contributed by atoms with van der Waals surface area (Å²) in [7, 11) is 1.92. The molecule has 0 amide bonds. The summed E-state index contributed by atoms with van der Waals surface area (Å²) in [5.41, 5.74) is 2.64. The lowest BCUT2D eigenvalue weighted by molar-refractivity contribution is 0.462. The van der Waals surface area contributed by atoms with Gasteiger partial charge in [0, 0.05) is 6.42 Å². The van der Waals surface area contributed by atoms with Crippen molar-refractivity contribution in [3.63, 3.8) is 0 Å². The predicted octanol–water partition coefficient (Wildman–Crippen LogP) is 2.90. The van der Waals surface area contributed by atoms with Crippen LogP contribution in [0.4, 0.5) is 0 Å². The Morgan fingerprint density at radius 2 is 1.81 bits per heavy atom. The lowest BCUT2D eigenvalue weighted by Gasteiger charge is -2.02. The van der Waals surface area contributed by atoms with E-state index >= 15 is 0 Å². The fraction of sp³-hybridized carbons (Fsp3) is 0.286. The van der Waals surface area contributed by atoms with Crippen molar-refractivity contribution in [2.75, 3.05) is 7.05 Å². The van der Waals surface area contributed by atoms with Crippen molar-refractivity contribution in [1.29, 1.82) is 0 Å². The van der Waals surface area contributed by atoms with Crippen LogP contribution in [0.3, 0.4) is 0 Å². The maximum absolute atomic E-state index is 5.72. The number of benzene rings is 1. The van der Waals surface area contributed by atoms with E-state index in [4.69, 9.17) is 4.42 Å². The Hall–Kier alpha value is -1.54. The summed E-state index contributed by atoms with van der Waals surface area (Å²) >= 11 is 0. The smallest absolute Gasteiger partial charge is 0.117 e. The van der Waals surface area contributed by atoms with Gasteiger partial charge in [0.25, 0.3) is 0 Å². The third kappa shape index (κ3) is 2.52. The van der Waals surface area contributed by atoms with Gasteiger partial charge in [0.2, 0.25) is 0 Å². The molecule has 0 bridgehead atoms. The predicted molar refractivity (Wildman–Crippen MR) is 65.5 cm³/mol. The molecule has 1 N–H and O–H groups in total. The van der Waals surface area contributed by atoms with Crippen molar-refractivity contribution < 1.29 is 4.42 Å². The summed E-state index contributed by atoms with van der Waals surface area (Å²) in [5, 5.41) is 3.08. The van der Waals surface area contributed by atoms with E-state index in [1.54, 1.807) is 0 Å². The maximum atomic E-state index is 5.72. The van der Waals surface area contributed by atoms with E-state index < -0.39 is 0 Å². The number of hydrogen-bond acceptors (Lipinski definition) is 2. The number of furan rings is 1. The molecule has 0 radical (unpaired) electrons. The minimum Gasteiger partial charge on any atom is -0.464 e. The van der Waals surface area contributed by atoms with Crippen molar-refractivity contribution in [2.24, 2.45) is 0 Å². The summed E-state index contributed by atoms with van der Waals surface area (Å²) in [6, 6.07) is 12.5. The third-order valence-electron chi connectivity index (χ3n) is 2.69. The van der Waals surface area contributed by atoms with Crippen LogP contribution in [0.15, 0.2) is 40.8 Å². The van der Waals surface area contributed by atoms with Crippen molar-refractivity contribution in [2.45, 2.75) is 19.9 Å². The van der Waals surface area contributed by atoms with Gasteiger partial charge in [-0.2, -0.15) is 0 Å². The van der Waals surface area contributed by atoms with Crippen LogP contribution in [-0.2, 0) is 13.0 Å². The Bertz CT molecular complexity index is 459. The summed E-state index contributed by atoms with van der Waals surface area (Å²) in [6.07, 6.45) is 0.871. The van der Waals surface area contributed by atoms with Crippen molar-refractivity contribution in [3.8, 4) is 0 Å². The zero-order valence-corrected chi connectivity index (χ0v) is 9.79. The molecule has 0 atom stereocenters. The summed E-state index contributed by atoms with van der Waals surface area (Å²) in [5.74, 6) is 2.02. The molecule has 0 unspecified atom stereocenters. The van der Waals surface area contributed by atoms with Gasteiger partial charge < -0.3 is 9.73 Å². The van der Waals surface area contributed by atoms with Crippen molar-refractivity contribution in [1.82, 2.24) is 5.32 Å². The first-order valence-corrected chi connectivity index (χ1v) is 5.56. The molecule has 2 nitrogen and oxygen atoms in total. The third-order valence-corrected chi connectivity index (χ3v) is 2.69. The lowest BCUT2D eigenvalue weighted by atomic mass is 10.1. The first-order chi connectivity index (χ1) is 7.79. The summed E-state index contributed by atoms with van der Waals surface area (Å²) in [4.78, 5) is 0. The first-order valence-electron chi connectivity index (χ1n) is 5.56. The number of hydrogen-bond donors (Lipinski definition) is 1. The van der Waals surface area contributed by atoms with Gasteiger partial charge in [0.05, 0.1) is 6.54 Å². The van der Waals surface area contributed by atoms with Gasteiger partial charge in [-0.1, -0.05) is 24.3 Å². The van der Waals surface area contributed by atoms with Crippen LogP contribution in [0.5, 0.6) is 0 Å². The van der Waals surface area contributed by atoms with E-state index in [-0.39, 0.29) is 0 Å². The Balaban J connectivity index is 2.11. The van der Waals surface area contributed by atoms with Crippen LogP contribution in [0.1, 0.15) is 22.6 Å². The molecule has 1 aromatic carbocycles. The Labute approximate surface area is 96.3 Å². The zero-order chi connectivity index (χ0) is 11.4. The highest BCUT2D eigenvalue weighted by atomic mass is 16.3. The number of aryl methyl sites for hydroxylation is 1. The first kappa shape index (κ1) is 11.0. The van der Waals surface area contributed by atoms with Crippen LogP contribution >= 0.6 is 0 Å².